The first-order valence-electron chi connectivity index (χ1n) is 10.7. The van der Waals surface area contributed by atoms with E-state index in [1.165, 1.54) is 11.5 Å². The maximum absolute atomic E-state index is 13.2. The molecule has 4 nitrogen and oxygen atoms in total. The fourth-order valence-electron chi connectivity index (χ4n) is 4.24. The third-order valence-electron chi connectivity index (χ3n) is 5.72. The zero-order valence-electron chi connectivity index (χ0n) is 18.1. The minimum absolute atomic E-state index is 0.126. The molecule has 3 aromatic rings. The fourth-order valence-corrected chi connectivity index (χ4v) is 5.24. The van der Waals surface area contributed by atoms with Gasteiger partial charge in [0.2, 0.25) is 0 Å². The summed E-state index contributed by atoms with van der Waals surface area (Å²) >= 11 is 3.38. The van der Waals surface area contributed by atoms with Crippen molar-refractivity contribution >= 4 is 34.1 Å². The molecular weight excluding hydrogens is 607 g/mol. The number of ether oxygens (including phenoxy) is 1. The van der Waals surface area contributed by atoms with Gasteiger partial charge in [0, 0.05) is 0 Å². The Labute approximate surface area is 215 Å². The molecule has 0 unspecified atom stereocenters. The first-order valence-corrected chi connectivity index (χ1v) is 12.5. The molecule has 12 heteroatoms. The number of halogens is 7. The van der Waals surface area contributed by atoms with Crippen molar-refractivity contribution in [3.63, 3.8) is 0 Å². The van der Waals surface area contributed by atoms with Crippen LogP contribution in [0, 0.1) is 3.01 Å². The summed E-state index contributed by atoms with van der Waals surface area (Å²) in [7, 11) is 0. The number of aromatic nitrogens is 2. The van der Waals surface area contributed by atoms with Crippen LogP contribution in [-0.2, 0) is 30.2 Å². The second-order valence-electron chi connectivity index (χ2n) is 8.20. The van der Waals surface area contributed by atoms with Crippen LogP contribution in [0.5, 0.6) is 0 Å². The number of rotatable bonds is 6. The summed E-state index contributed by atoms with van der Waals surface area (Å²) in [5.74, 6) is 0.661. The van der Waals surface area contributed by atoms with Crippen molar-refractivity contribution < 1.29 is 31.1 Å². The molecule has 2 aromatic carbocycles. The van der Waals surface area contributed by atoms with Crippen molar-refractivity contribution in [2.75, 3.05) is 6.54 Å². The Morgan fingerprint density at radius 1 is 1.00 bits per heavy atom. The van der Waals surface area contributed by atoms with Gasteiger partial charge >= 0.3 is 12.4 Å². The molecule has 4 rings (SSSR count). The summed E-state index contributed by atoms with van der Waals surface area (Å²) in [6, 6.07) is 10.8. The minimum Gasteiger partial charge on any atom is -0.372 e. The molecule has 1 saturated heterocycles. The molecule has 0 amide bonds. The fraction of sp³-hybridized carbons (Fsp3) is 0.391. The largest absolute Gasteiger partial charge is 0.416 e. The quantitative estimate of drug-likeness (QED) is 0.216. The highest BCUT2D eigenvalue weighted by Crippen LogP contribution is 2.38. The highest BCUT2D eigenvalue weighted by atomic mass is 127. The Balaban J connectivity index is 1.59. The van der Waals surface area contributed by atoms with Gasteiger partial charge in [0.1, 0.15) is 0 Å². The maximum atomic E-state index is 13.2. The molecule has 0 radical (unpaired) electrons. The predicted octanol–water partition coefficient (Wildman–Crippen LogP) is 7.10. The van der Waals surface area contributed by atoms with E-state index < -0.39 is 29.6 Å². The third-order valence-corrected chi connectivity index (χ3v) is 7.10. The van der Waals surface area contributed by atoms with Gasteiger partial charge in [-0.25, -0.2) is 4.98 Å². The van der Waals surface area contributed by atoms with E-state index in [4.69, 9.17) is 4.74 Å². The van der Waals surface area contributed by atoms with E-state index in [0.717, 1.165) is 21.5 Å². The monoisotopic (exact) mass is 627 g/mol. The van der Waals surface area contributed by atoms with Crippen LogP contribution in [0.1, 0.15) is 47.0 Å². The lowest BCUT2D eigenvalue weighted by Gasteiger charge is -2.41. The van der Waals surface area contributed by atoms with Crippen LogP contribution >= 0.6 is 34.1 Å². The molecule has 1 aliphatic rings. The number of alkyl halides is 6. The molecule has 2 heterocycles. The second-order valence-corrected chi connectivity index (χ2v) is 10.7. The average molecular weight is 627 g/mol. The summed E-state index contributed by atoms with van der Waals surface area (Å²) in [6.07, 6.45) is -8.87. The smallest absolute Gasteiger partial charge is 0.372 e. The van der Waals surface area contributed by atoms with Crippen molar-refractivity contribution in [3.05, 3.63) is 79.6 Å². The molecule has 188 valence electrons. The van der Waals surface area contributed by atoms with Gasteiger partial charge in [0.15, 0.2) is 8.84 Å². The van der Waals surface area contributed by atoms with Crippen LogP contribution in [0.25, 0.3) is 0 Å². The van der Waals surface area contributed by atoms with Gasteiger partial charge in [-0.3, -0.25) is 4.90 Å². The molecule has 1 fully saturated rings. The van der Waals surface area contributed by atoms with Crippen molar-refractivity contribution in [2.24, 2.45) is 0 Å². The van der Waals surface area contributed by atoms with Crippen LogP contribution in [0.15, 0.2) is 48.5 Å². The molecule has 1 aliphatic heterocycles. The van der Waals surface area contributed by atoms with Crippen LogP contribution < -0.4 is 0 Å². The lowest BCUT2D eigenvalue weighted by molar-refractivity contribution is -0.143. The van der Waals surface area contributed by atoms with E-state index >= 15 is 0 Å². The first kappa shape index (κ1) is 26.3. The highest BCUT2D eigenvalue weighted by Gasteiger charge is 2.38. The third kappa shape index (κ3) is 6.71. The van der Waals surface area contributed by atoms with Crippen molar-refractivity contribution in [1.82, 2.24) is 14.3 Å². The molecule has 2 atom stereocenters. The van der Waals surface area contributed by atoms with Crippen molar-refractivity contribution in [1.29, 1.82) is 0 Å². The topological polar surface area (TPSA) is 38.2 Å². The number of piperidine rings is 1. The maximum Gasteiger partial charge on any atom is 0.416 e. The SMILES string of the molecule is FC(F)(F)c1cc(CO[C@H]2CCCN(Cc3nsc(I)n3)[C@H]2c2ccccc2)cc(C(F)(F)F)c1. The Kier molecular flexibility index (Phi) is 8.03. The molecule has 0 spiro atoms. The first-order chi connectivity index (χ1) is 16.5. The number of hydrogen-bond donors (Lipinski definition) is 0. The number of hydrogen-bond acceptors (Lipinski definition) is 5. The van der Waals surface area contributed by atoms with Gasteiger partial charge in [-0.15, -0.1) is 0 Å². The summed E-state index contributed by atoms with van der Waals surface area (Å²) < 4.78 is 90.7. The van der Waals surface area contributed by atoms with Crippen LogP contribution in [0.4, 0.5) is 26.3 Å². The molecule has 0 saturated carbocycles. The van der Waals surface area contributed by atoms with Gasteiger partial charge < -0.3 is 4.74 Å². The Bertz CT molecular complexity index is 1110. The van der Waals surface area contributed by atoms with E-state index in [0.29, 0.717) is 30.9 Å². The molecule has 35 heavy (non-hydrogen) atoms. The van der Waals surface area contributed by atoms with Gasteiger partial charge in [-0.05, 0) is 82.8 Å². The molecule has 0 aliphatic carbocycles. The Morgan fingerprint density at radius 3 is 2.23 bits per heavy atom. The lowest BCUT2D eigenvalue weighted by atomic mass is 9.92. The van der Waals surface area contributed by atoms with Gasteiger partial charge in [0.05, 0.1) is 36.4 Å². The van der Waals surface area contributed by atoms with Gasteiger partial charge in [0.25, 0.3) is 0 Å². The predicted molar refractivity (Wildman–Crippen MR) is 126 cm³/mol. The highest BCUT2D eigenvalue weighted by molar-refractivity contribution is 14.1. The van der Waals surface area contributed by atoms with Gasteiger partial charge in [-0.2, -0.15) is 30.7 Å². The van der Waals surface area contributed by atoms with Crippen molar-refractivity contribution in [2.45, 2.75) is 50.5 Å². The number of likely N-dealkylation sites (tertiary alicyclic amines) is 1. The van der Waals surface area contributed by atoms with E-state index in [-0.39, 0.29) is 24.3 Å². The molecule has 1 aromatic heterocycles. The van der Waals surface area contributed by atoms with E-state index in [9.17, 15) is 26.3 Å². The Morgan fingerprint density at radius 2 is 1.66 bits per heavy atom. The normalized spacial score (nSPS) is 19.7. The van der Waals surface area contributed by atoms with E-state index in [1.807, 2.05) is 30.3 Å². The summed E-state index contributed by atoms with van der Waals surface area (Å²) in [5, 5.41) is 0. The molecule has 0 N–H and O–H groups in total. The molecule has 0 bridgehead atoms. The summed E-state index contributed by atoms with van der Waals surface area (Å²) in [6.45, 7) is 0.819. The standard InChI is InChI=1S/C23H20F6IN3OS/c24-22(25,26)16-9-14(10-17(11-16)23(27,28)29)13-34-18-7-4-8-33(12-19-31-21(30)35-32-19)20(18)15-5-2-1-3-6-15/h1-3,5-6,9-11,18,20H,4,7-8,12-13H2/t18-,20-/m0/s1. The number of nitrogens with zero attached hydrogens (tertiary/aromatic N) is 3. The molecular formula is C23H20F6IN3OS. The second kappa shape index (κ2) is 10.7. The van der Waals surface area contributed by atoms with Crippen LogP contribution in [-0.4, -0.2) is 26.9 Å². The summed E-state index contributed by atoms with van der Waals surface area (Å²) in [4.78, 5) is 6.56. The lowest BCUT2D eigenvalue weighted by Crippen LogP contribution is -2.42. The van der Waals surface area contributed by atoms with Crippen LogP contribution in [0.2, 0.25) is 0 Å². The van der Waals surface area contributed by atoms with E-state index in [2.05, 4.69) is 36.8 Å². The number of benzene rings is 2. The summed E-state index contributed by atoms with van der Waals surface area (Å²) in [5.41, 5.74) is -1.92. The van der Waals surface area contributed by atoms with Crippen molar-refractivity contribution in [3.8, 4) is 0 Å². The zero-order valence-corrected chi connectivity index (χ0v) is 21.1. The van der Waals surface area contributed by atoms with Crippen LogP contribution in [0.3, 0.4) is 0 Å². The Hall–Kier alpha value is -1.77. The van der Waals surface area contributed by atoms with E-state index in [1.54, 1.807) is 0 Å². The van der Waals surface area contributed by atoms with Gasteiger partial charge in [-0.1, -0.05) is 30.3 Å². The zero-order chi connectivity index (χ0) is 25.2. The minimum atomic E-state index is -4.90. The average Bonchev–Trinajstić information content (AvgIpc) is 3.21.